The first kappa shape index (κ1) is 17.9. The zero-order valence-corrected chi connectivity index (χ0v) is 17.6. The van der Waals surface area contributed by atoms with Gasteiger partial charge in [-0.15, -0.1) is 0 Å². The number of benzene rings is 2. The molecule has 0 saturated carbocycles. The number of nitrogens with zero attached hydrogens (tertiary/aromatic N) is 4. The van der Waals surface area contributed by atoms with Gasteiger partial charge in [0, 0.05) is 32.6 Å². The van der Waals surface area contributed by atoms with Gasteiger partial charge >= 0.3 is 0 Å². The summed E-state index contributed by atoms with van der Waals surface area (Å²) in [6.07, 6.45) is 3.48. The molecular weight excluding hydrogens is 449 g/mol. The molecule has 2 aromatic carbocycles. The van der Waals surface area contributed by atoms with Gasteiger partial charge in [-0.1, -0.05) is 24.3 Å². The van der Waals surface area contributed by atoms with E-state index in [1.807, 2.05) is 0 Å². The number of anilines is 1. The second-order valence-corrected chi connectivity index (χ2v) is 8.62. The van der Waals surface area contributed by atoms with Crippen molar-refractivity contribution < 1.29 is 0 Å². The molecule has 2 aromatic heterocycles. The molecule has 0 fully saturated rings. The van der Waals surface area contributed by atoms with Gasteiger partial charge in [-0.05, 0) is 67.1 Å². The van der Waals surface area contributed by atoms with E-state index in [1.165, 1.54) is 3.57 Å². The first-order valence-electron chi connectivity index (χ1n) is 8.70. The van der Waals surface area contributed by atoms with Crippen molar-refractivity contribution in [3.63, 3.8) is 0 Å². The van der Waals surface area contributed by atoms with Crippen molar-refractivity contribution in [3.05, 3.63) is 58.4 Å². The molecule has 0 atom stereocenters. The second-order valence-electron chi connectivity index (χ2n) is 7.45. The van der Waals surface area contributed by atoms with E-state index in [0.717, 1.165) is 33.5 Å². The molecule has 0 aliphatic rings. The summed E-state index contributed by atoms with van der Waals surface area (Å²) >= 11 is 2.37. The molecule has 0 aliphatic heterocycles. The van der Waals surface area contributed by atoms with Crippen molar-refractivity contribution in [2.24, 2.45) is 0 Å². The molecule has 136 valence electrons. The lowest BCUT2D eigenvalue weighted by atomic mass is 10.1. The van der Waals surface area contributed by atoms with Gasteiger partial charge in [-0.25, -0.2) is 15.0 Å². The summed E-state index contributed by atoms with van der Waals surface area (Å²) in [4.78, 5) is 13.2. The normalized spacial score (nSPS) is 11.9. The molecule has 0 aliphatic carbocycles. The first-order chi connectivity index (χ1) is 12.8. The minimum absolute atomic E-state index is 0.102. The van der Waals surface area contributed by atoms with Crippen LogP contribution in [0, 0.1) is 3.57 Å². The number of fused-ring (bicyclic) bond motifs is 1. The van der Waals surface area contributed by atoms with Gasteiger partial charge < -0.3 is 10.3 Å². The fourth-order valence-electron chi connectivity index (χ4n) is 3.25. The largest absolute Gasteiger partial charge is 0.368 e. The molecule has 2 N–H and O–H groups in total. The Morgan fingerprint density at radius 3 is 2.33 bits per heavy atom. The summed E-state index contributed by atoms with van der Waals surface area (Å²) in [5, 5.41) is 0. The van der Waals surface area contributed by atoms with E-state index >= 15 is 0 Å². The number of imidazole rings is 1. The Morgan fingerprint density at radius 2 is 1.67 bits per heavy atom. The van der Waals surface area contributed by atoms with Crippen LogP contribution in [0.2, 0.25) is 0 Å². The summed E-state index contributed by atoms with van der Waals surface area (Å²) < 4.78 is 3.49. The van der Waals surface area contributed by atoms with Crippen LogP contribution in [0.15, 0.2) is 54.9 Å². The SMILES string of the molecule is CC(C)(C)n1c(-c2ccccc2I)nc2cc(-c3cnc(N)nc3)ccc21. The number of halogens is 1. The van der Waals surface area contributed by atoms with Crippen molar-refractivity contribution in [1.29, 1.82) is 0 Å². The van der Waals surface area contributed by atoms with Crippen LogP contribution in [0.4, 0.5) is 5.95 Å². The Bertz CT molecular complexity index is 1120. The van der Waals surface area contributed by atoms with Crippen molar-refractivity contribution in [2.75, 3.05) is 5.73 Å². The van der Waals surface area contributed by atoms with E-state index in [4.69, 9.17) is 10.7 Å². The second kappa shape index (κ2) is 6.60. The summed E-state index contributed by atoms with van der Waals surface area (Å²) in [6.45, 7) is 6.61. The highest BCUT2D eigenvalue weighted by Gasteiger charge is 2.23. The lowest BCUT2D eigenvalue weighted by Gasteiger charge is -2.25. The Kier molecular flexibility index (Phi) is 4.38. The van der Waals surface area contributed by atoms with Crippen molar-refractivity contribution in [2.45, 2.75) is 26.3 Å². The number of hydrogen-bond acceptors (Lipinski definition) is 4. The van der Waals surface area contributed by atoms with Crippen molar-refractivity contribution in [1.82, 2.24) is 19.5 Å². The Labute approximate surface area is 171 Å². The predicted octanol–water partition coefficient (Wildman–Crippen LogP) is 5.10. The quantitative estimate of drug-likeness (QED) is 0.415. The molecule has 27 heavy (non-hydrogen) atoms. The molecule has 0 radical (unpaired) electrons. The van der Waals surface area contributed by atoms with Gasteiger partial charge in [0.2, 0.25) is 5.95 Å². The maximum absolute atomic E-state index is 5.61. The van der Waals surface area contributed by atoms with Gasteiger partial charge in [0.1, 0.15) is 5.82 Å². The molecule has 5 nitrogen and oxygen atoms in total. The number of hydrogen-bond donors (Lipinski definition) is 1. The van der Waals surface area contributed by atoms with Gasteiger partial charge in [-0.2, -0.15) is 0 Å². The van der Waals surface area contributed by atoms with Gasteiger partial charge in [0.15, 0.2) is 0 Å². The standard InChI is InChI=1S/C21H20IN5/c1-21(2,3)27-18-9-8-13(14-11-24-20(23)25-12-14)10-17(18)26-19(27)15-6-4-5-7-16(15)22/h4-12H,1-3H3,(H2,23,24,25). The predicted molar refractivity (Wildman–Crippen MR) is 118 cm³/mol. The topological polar surface area (TPSA) is 69.6 Å². The fraction of sp³-hybridized carbons (Fsp3) is 0.190. The monoisotopic (exact) mass is 469 g/mol. The van der Waals surface area contributed by atoms with Crippen LogP contribution in [-0.2, 0) is 5.54 Å². The smallest absolute Gasteiger partial charge is 0.219 e. The summed E-state index contributed by atoms with van der Waals surface area (Å²) in [5.41, 5.74) is 10.7. The number of nitrogens with two attached hydrogens (primary N) is 1. The Balaban J connectivity index is 1.96. The maximum Gasteiger partial charge on any atom is 0.219 e. The summed E-state index contributed by atoms with van der Waals surface area (Å²) in [7, 11) is 0. The third-order valence-electron chi connectivity index (χ3n) is 4.45. The van der Waals surface area contributed by atoms with Gasteiger partial charge in [0.05, 0.1) is 11.0 Å². The molecule has 0 saturated heterocycles. The van der Waals surface area contributed by atoms with Crippen molar-refractivity contribution >= 4 is 39.6 Å². The maximum atomic E-state index is 5.61. The Morgan fingerprint density at radius 1 is 0.963 bits per heavy atom. The molecule has 2 heterocycles. The summed E-state index contributed by atoms with van der Waals surface area (Å²) in [6, 6.07) is 14.6. The third-order valence-corrected chi connectivity index (χ3v) is 5.39. The zero-order chi connectivity index (χ0) is 19.2. The number of nitrogen functional groups attached to an aromatic ring is 1. The molecule has 0 spiro atoms. The molecule has 0 amide bonds. The van der Waals surface area contributed by atoms with Crippen LogP contribution < -0.4 is 5.73 Å². The lowest BCUT2D eigenvalue weighted by Crippen LogP contribution is -2.22. The van der Waals surface area contributed by atoms with E-state index in [0.29, 0.717) is 0 Å². The molecule has 0 unspecified atom stereocenters. The first-order valence-corrected chi connectivity index (χ1v) is 9.78. The van der Waals surface area contributed by atoms with E-state index < -0.39 is 0 Å². The minimum atomic E-state index is -0.102. The molecule has 4 rings (SSSR count). The van der Waals surface area contributed by atoms with Crippen LogP contribution in [0.3, 0.4) is 0 Å². The zero-order valence-electron chi connectivity index (χ0n) is 15.4. The average molecular weight is 469 g/mol. The third kappa shape index (κ3) is 3.29. The summed E-state index contributed by atoms with van der Waals surface area (Å²) in [5.74, 6) is 1.26. The van der Waals surface area contributed by atoms with Crippen LogP contribution >= 0.6 is 22.6 Å². The van der Waals surface area contributed by atoms with E-state index in [9.17, 15) is 0 Å². The van der Waals surface area contributed by atoms with E-state index in [-0.39, 0.29) is 11.5 Å². The highest BCUT2D eigenvalue weighted by Crippen LogP contribution is 2.34. The molecule has 0 bridgehead atoms. The fourth-order valence-corrected chi connectivity index (χ4v) is 3.88. The van der Waals surface area contributed by atoms with Gasteiger partial charge in [-0.3, -0.25) is 0 Å². The van der Waals surface area contributed by atoms with Crippen LogP contribution in [-0.4, -0.2) is 19.5 Å². The number of aromatic nitrogens is 4. The lowest BCUT2D eigenvalue weighted by molar-refractivity contribution is 0.413. The molecule has 4 aromatic rings. The highest BCUT2D eigenvalue weighted by molar-refractivity contribution is 14.1. The Hall–Kier alpha value is -2.48. The van der Waals surface area contributed by atoms with Gasteiger partial charge in [0.25, 0.3) is 0 Å². The van der Waals surface area contributed by atoms with E-state index in [1.54, 1.807) is 12.4 Å². The molecule has 6 heteroatoms. The minimum Gasteiger partial charge on any atom is -0.368 e. The van der Waals surface area contributed by atoms with Crippen LogP contribution in [0.5, 0.6) is 0 Å². The molecular formula is C21H20IN5. The number of rotatable bonds is 2. The average Bonchev–Trinajstić information content (AvgIpc) is 3.01. The van der Waals surface area contributed by atoms with E-state index in [2.05, 4.69) is 100 Å². The van der Waals surface area contributed by atoms with Crippen LogP contribution in [0.25, 0.3) is 33.5 Å². The highest BCUT2D eigenvalue weighted by atomic mass is 127. The van der Waals surface area contributed by atoms with Crippen molar-refractivity contribution in [3.8, 4) is 22.5 Å². The van der Waals surface area contributed by atoms with Crippen LogP contribution in [0.1, 0.15) is 20.8 Å².